The molecule has 0 fully saturated rings. The van der Waals surface area contributed by atoms with Crippen molar-refractivity contribution in [1.29, 1.82) is 0 Å². The van der Waals surface area contributed by atoms with Crippen molar-refractivity contribution < 1.29 is 14.7 Å². The second-order valence-electron chi connectivity index (χ2n) is 5.83. The van der Waals surface area contributed by atoms with Gasteiger partial charge in [-0.05, 0) is 48.9 Å². The van der Waals surface area contributed by atoms with Crippen molar-refractivity contribution in [3.63, 3.8) is 0 Å². The van der Waals surface area contributed by atoms with Crippen molar-refractivity contribution in [1.82, 2.24) is 5.32 Å². The van der Waals surface area contributed by atoms with E-state index in [1.807, 2.05) is 6.92 Å². The second kappa shape index (κ2) is 7.11. The molecule has 1 aromatic rings. The maximum Gasteiger partial charge on any atom is 0.336 e. The Morgan fingerprint density at radius 2 is 1.81 bits per heavy atom. The standard InChI is InChI=1S/C16H24N2O3/c1-9(2)11(4)8-17-16(21)18-13-6-10(3)12(5)14(7-13)15(19)20/h6-7,9,11H,8H2,1-5H3,(H,19,20)(H2,17,18,21). The van der Waals surface area contributed by atoms with Gasteiger partial charge in [0.25, 0.3) is 0 Å². The number of rotatable bonds is 5. The molecule has 0 aliphatic heterocycles. The van der Waals surface area contributed by atoms with Crippen LogP contribution in [-0.2, 0) is 0 Å². The van der Waals surface area contributed by atoms with Gasteiger partial charge in [0.1, 0.15) is 0 Å². The van der Waals surface area contributed by atoms with E-state index in [1.165, 1.54) is 6.07 Å². The number of carbonyl (C=O) groups excluding carboxylic acids is 1. The van der Waals surface area contributed by atoms with Gasteiger partial charge in [-0.2, -0.15) is 0 Å². The molecule has 1 unspecified atom stereocenters. The van der Waals surface area contributed by atoms with E-state index in [0.29, 0.717) is 29.6 Å². The maximum atomic E-state index is 11.8. The quantitative estimate of drug-likeness (QED) is 0.778. The molecule has 0 aliphatic carbocycles. The lowest BCUT2D eigenvalue weighted by molar-refractivity contribution is 0.0696. The summed E-state index contributed by atoms with van der Waals surface area (Å²) in [5.41, 5.74) is 2.24. The van der Waals surface area contributed by atoms with Gasteiger partial charge in [-0.1, -0.05) is 20.8 Å². The van der Waals surface area contributed by atoms with E-state index in [9.17, 15) is 9.59 Å². The maximum absolute atomic E-state index is 11.8. The predicted molar refractivity (Wildman–Crippen MR) is 83.9 cm³/mol. The zero-order chi connectivity index (χ0) is 16.2. The number of urea groups is 1. The fraction of sp³-hybridized carbons (Fsp3) is 0.500. The molecule has 116 valence electrons. The summed E-state index contributed by atoms with van der Waals surface area (Å²) < 4.78 is 0. The highest BCUT2D eigenvalue weighted by Gasteiger charge is 2.13. The zero-order valence-electron chi connectivity index (χ0n) is 13.3. The molecule has 0 saturated carbocycles. The highest BCUT2D eigenvalue weighted by Crippen LogP contribution is 2.20. The van der Waals surface area contributed by atoms with Crippen LogP contribution < -0.4 is 10.6 Å². The van der Waals surface area contributed by atoms with Crippen molar-refractivity contribution in [2.24, 2.45) is 11.8 Å². The molecule has 0 bridgehead atoms. The number of amides is 2. The minimum Gasteiger partial charge on any atom is -0.478 e. The van der Waals surface area contributed by atoms with E-state index in [1.54, 1.807) is 13.0 Å². The minimum atomic E-state index is -0.993. The molecule has 0 radical (unpaired) electrons. The Hall–Kier alpha value is -2.04. The number of carbonyl (C=O) groups is 2. The summed E-state index contributed by atoms with van der Waals surface area (Å²) in [4.78, 5) is 23.0. The molecule has 1 aromatic carbocycles. The van der Waals surface area contributed by atoms with Gasteiger partial charge in [-0.3, -0.25) is 0 Å². The zero-order valence-corrected chi connectivity index (χ0v) is 13.3. The molecule has 21 heavy (non-hydrogen) atoms. The molecular weight excluding hydrogens is 268 g/mol. The molecule has 1 atom stereocenters. The highest BCUT2D eigenvalue weighted by atomic mass is 16.4. The number of hydrogen-bond donors (Lipinski definition) is 3. The van der Waals surface area contributed by atoms with Crippen molar-refractivity contribution in [2.75, 3.05) is 11.9 Å². The highest BCUT2D eigenvalue weighted by molar-refractivity contribution is 5.94. The monoisotopic (exact) mass is 292 g/mol. The molecule has 3 N–H and O–H groups in total. The van der Waals surface area contributed by atoms with Crippen molar-refractivity contribution in [3.05, 3.63) is 28.8 Å². The molecule has 1 rings (SSSR count). The summed E-state index contributed by atoms with van der Waals surface area (Å²) in [7, 11) is 0. The molecule has 0 aliphatic rings. The van der Waals surface area contributed by atoms with Gasteiger partial charge in [-0.15, -0.1) is 0 Å². The largest absolute Gasteiger partial charge is 0.478 e. The molecular formula is C16H24N2O3. The normalized spacial score (nSPS) is 12.1. The summed E-state index contributed by atoms with van der Waals surface area (Å²) in [6.07, 6.45) is 0. The van der Waals surface area contributed by atoms with Gasteiger partial charge in [0.2, 0.25) is 0 Å². The number of carboxylic acids is 1. The third kappa shape index (κ3) is 4.77. The number of aromatic carboxylic acids is 1. The Bertz CT molecular complexity index is 539. The number of aryl methyl sites for hydroxylation is 1. The Morgan fingerprint density at radius 1 is 1.19 bits per heavy atom. The summed E-state index contributed by atoms with van der Waals surface area (Å²) in [5.74, 6) is -0.122. The Labute approximate surface area is 125 Å². The summed E-state index contributed by atoms with van der Waals surface area (Å²) >= 11 is 0. The number of anilines is 1. The molecule has 5 heteroatoms. The van der Waals surface area contributed by atoms with E-state index in [0.717, 1.165) is 5.56 Å². The van der Waals surface area contributed by atoms with Crippen LogP contribution in [0.25, 0.3) is 0 Å². The van der Waals surface area contributed by atoms with Crippen LogP contribution in [0.5, 0.6) is 0 Å². The molecule has 0 spiro atoms. The van der Waals surface area contributed by atoms with Crippen molar-refractivity contribution in [3.8, 4) is 0 Å². The average molecular weight is 292 g/mol. The van der Waals surface area contributed by atoms with E-state index >= 15 is 0 Å². The number of hydrogen-bond acceptors (Lipinski definition) is 2. The van der Waals surface area contributed by atoms with Gasteiger partial charge in [0.05, 0.1) is 5.56 Å². The smallest absolute Gasteiger partial charge is 0.336 e. The van der Waals surface area contributed by atoms with Crippen LogP contribution in [0.3, 0.4) is 0 Å². The van der Waals surface area contributed by atoms with E-state index < -0.39 is 5.97 Å². The SMILES string of the molecule is Cc1cc(NC(=O)NCC(C)C(C)C)cc(C(=O)O)c1C. The average Bonchev–Trinajstić information content (AvgIpc) is 2.39. The lowest BCUT2D eigenvalue weighted by atomic mass is 9.98. The first-order valence-corrected chi connectivity index (χ1v) is 7.11. The summed E-state index contributed by atoms with van der Waals surface area (Å²) in [6.45, 7) is 10.4. The third-order valence-electron chi connectivity index (χ3n) is 3.88. The topological polar surface area (TPSA) is 78.4 Å². The number of carboxylic acid groups (broad SMARTS) is 1. The fourth-order valence-corrected chi connectivity index (χ4v) is 1.82. The Balaban J connectivity index is 2.75. The van der Waals surface area contributed by atoms with Gasteiger partial charge in [0, 0.05) is 12.2 Å². The van der Waals surface area contributed by atoms with E-state index in [2.05, 4.69) is 31.4 Å². The first-order chi connectivity index (χ1) is 9.72. The third-order valence-corrected chi connectivity index (χ3v) is 3.88. The molecule has 0 saturated heterocycles. The van der Waals surface area contributed by atoms with Crippen LogP contribution in [0, 0.1) is 25.7 Å². The van der Waals surface area contributed by atoms with Crippen LogP contribution in [0.1, 0.15) is 42.3 Å². The van der Waals surface area contributed by atoms with Gasteiger partial charge >= 0.3 is 12.0 Å². The predicted octanol–water partition coefficient (Wildman–Crippen LogP) is 3.42. The van der Waals surface area contributed by atoms with Gasteiger partial charge in [-0.25, -0.2) is 9.59 Å². The lowest BCUT2D eigenvalue weighted by Gasteiger charge is -2.17. The van der Waals surface area contributed by atoms with Gasteiger partial charge in [0.15, 0.2) is 0 Å². The van der Waals surface area contributed by atoms with Crippen LogP contribution in [-0.4, -0.2) is 23.7 Å². The van der Waals surface area contributed by atoms with Crippen LogP contribution in [0.4, 0.5) is 10.5 Å². The van der Waals surface area contributed by atoms with Crippen LogP contribution >= 0.6 is 0 Å². The van der Waals surface area contributed by atoms with E-state index in [4.69, 9.17) is 5.11 Å². The molecule has 2 amide bonds. The van der Waals surface area contributed by atoms with Gasteiger partial charge < -0.3 is 15.7 Å². The Kier molecular flexibility index (Phi) is 5.76. The van der Waals surface area contributed by atoms with Crippen molar-refractivity contribution >= 4 is 17.7 Å². The first kappa shape index (κ1) is 17.0. The molecule has 0 aromatic heterocycles. The van der Waals surface area contributed by atoms with E-state index in [-0.39, 0.29) is 11.6 Å². The Morgan fingerprint density at radius 3 is 2.33 bits per heavy atom. The molecule has 5 nitrogen and oxygen atoms in total. The number of benzene rings is 1. The summed E-state index contributed by atoms with van der Waals surface area (Å²) in [6, 6.07) is 2.94. The number of nitrogens with one attached hydrogen (secondary N) is 2. The fourth-order valence-electron chi connectivity index (χ4n) is 1.82. The first-order valence-electron chi connectivity index (χ1n) is 7.11. The minimum absolute atomic E-state index is 0.209. The summed E-state index contributed by atoms with van der Waals surface area (Å²) in [5, 5.41) is 14.6. The van der Waals surface area contributed by atoms with Crippen LogP contribution in [0.15, 0.2) is 12.1 Å². The second-order valence-corrected chi connectivity index (χ2v) is 5.83. The van der Waals surface area contributed by atoms with Crippen LogP contribution in [0.2, 0.25) is 0 Å². The van der Waals surface area contributed by atoms with Crippen molar-refractivity contribution in [2.45, 2.75) is 34.6 Å². The molecule has 0 heterocycles. The lowest BCUT2D eigenvalue weighted by Crippen LogP contribution is -2.33.